The Kier molecular flexibility index (Phi) is 4.96. The molecule has 0 saturated carbocycles. The van der Waals surface area contributed by atoms with Gasteiger partial charge >= 0.3 is 5.97 Å². The highest BCUT2D eigenvalue weighted by molar-refractivity contribution is 6.34. The molecule has 2 rings (SSSR count). The zero-order chi connectivity index (χ0) is 15.6. The molecule has 0 spiro atoms. The summed E-state index contributed by atoms with van der Waals surface area (Å²) < 4.78 is 4.81. The SMILES string of the molecule is COC(=O)c1cc(N)cc(Cl)c1NC1CCN(C)C(C)C1. The number of hydrogen-bond acceptors (Lipinski definition) is 5. The number of anilines is 2. The van der Waals surface area contributed by atoms with Crippen molar-refractivity contribution in [2.75, 3.05) is 31.8 Å². The number of carbonyl (C=O) groups is 1. The van der Waals surface area contributed by atoms with Gasteiger partial charge in [-0.05, 0) is 38.9 Å². The molecule has 1 fully saturated rings. The maximum absolute atomic E-state index is 11.9. The van der Waals surface area contributed by atoms with Crippen LogP contribution < -0.4 is 11.1 Å². The molecule has 5 nitrogen and oxygen atoms in total. The molecule has 1 saturated heterocycles. The van der Waals surface area contributed by atoms with Crippen molar-refractivity contribution < 1.29 is 9.53 Å². The third-order valence-corrected chi connectivity index (χ3v) is 4.37. The summed E-state index contributed by atoms with van der Waals surface area (Å²) >= 11 is 6.26. The maximum atomic E-state index is 11.9. The fourth-order valence-corrected chi connectivity index (χ4v) is 2.95. The van der Waals surface area contributed by atoms with Crippen LogP contribution in [0.25, 0.3) is 0 Å². The minimum atomic E-state index is -0.437. The Morgan fingerprint density at radius 2 is 2.24 bits per heavy atom. The van der Waals surface area contributed by atoms with Crippen LogP contribution in [0.4, 0.5) is 11.4 Å². The molecule has 6 heteroatoms. The predicted octanol–water partition coefficient (Wildman–Crippen LogP) is 2.60. The van der Waals surface area contributed by atoms with Crippen LogP contribution in [0.5, 0.6) is 0 Å². The van der Waals surface area contributed by atoms with E-state index in [4.69, 9.17) is 22.1 Å². The van der Waals surface area contributed by atoms with E-state index in [-0.39, 0.29) is 6.04 Å². The van der Waals surface area contributed by atoms with Gasteiger partial charge in [0.1, 0.15) is 0 Å². The van der Waals surface area contributed by atoms with Crippen molar-refractivity contribution in [2.24, 2.45) is 0 Å². The third-order valence-electron chi connectivity index (χ3n) is 4.07. The highest BCUT2D eigenvalue weighted by atomic mass is 35.5. The third kappa shape index (κ3) is 3.60. The summed E-state index contributed by atoms with van der Waals surface area (Å²) in [5.41, 5.74) is 7.21. The second kappa shape index (κ2) is 6.54. The van der Waals surface area contributed by atoms with Crippen LogP contribution in [0.1, 0.15) is 30.1 Å². The first-order valence-corrected chi connectivity index (χ1v) is 7.44. The number of hydrogen-bond donors (Lipinski definition) is 2. The number of likely N-dealkylation sites (tertiary alicyclic amines) is 1. The van der Waals surface area contributed by atoms with Crippen molar-refractivity contribution in [3.63, 3.8) is 0 Å². The highest BCUT2D eigenvalue weighted by Crippen LogP contribution is 2.32. The van der Waals surface area contributed by atoms with E-state index in [1.807, 2.05) is 0 Å². The van der Waals surface area contributed by atoms with Crippen molar-refractivity contribution in [1.29, 1.82) is 0 Å². The summed E-state index contributed by atoms with van der Waals surface area (Å²) in [5.74, 6) is -0.437. The smallest absolute Gasteiger partial charge is 0.340 e. The molecule has 1 heterocycles. The zero-order valence-electron chi connectivity index (χ0n) is 12.6. The molecule has 21 heavy (non-hydrogen) atoms. The number of nitrogens with zero attached hydrogens (tertiary/aromatic N) is 1. The Balaban J connectivity index is 2.25. The molecule has 116 valence electrons. The second-order valence-electron chi connectivity index (χ2n) is 5.61. The van der Waals surface area contributed by atoms with E-state index in [0.717, 1.165) is 19.4 Å². The average Bonchev–Trinajstić information content (AvgIpc) is 2.44. The number of esters is 1. The van der Waals surface area contributed by atoms with Gasteiger partial charge in [0, 0.05) is 24.3 Å². The van der Waals surface area contributed by atoms with E-state index < -0.39 is 5.97 Å². The molecule has 1 aromatic rings. The largest absolute Gasteiger partial charge is 0.465 e. The zero-order valence-corrected chi connectivity index (χ0v) is 13.4. The molecule has 2 atom stereocenters. The van der Waals surface area contributed by atoms with E-state index in [9.17, 15) is 4.79 Å². The summed E-state index contributed by atoms with van der Waals surface area (Å²) in [7, 11) is 3.47. The first-order chi connectivity index (χ1) is 9.92. The number of carbonyl (C=O) groups excluding carboxylic acids is 1. The van der Waals surface area contributed by atoms with E-state index >= 15 is 0 Å². The minimum absolute atomic E-state index is 0.278. The van der Waals surface area contributed by atoms with Gasteiger partial charge in [-0.2, -0.15) is 0 Å². The first-order valence-electron chi connectivity index (χ1n) is 7.06. The molecule has 1 aliphatic rings. The van der Waals surface area contributed by atoms with Gasteiger partial charge in [-0.1, -0.05) is 11.6 Å². The molecule has 1 aromatic carbocycles. The lowest BCUT2D eigenvalue weighted by atomic mass is 9.98. The molecule has 0 aliphatic carbocycles. The number of nitrogens with one attached hydrogen (secondary N) is 1. The second-order valence-corrected chi connectivity index (χ2v) is 6.02. The topological polar surface area (TPSA) is 67.6 Å². The van der Waals surface area contributed by atoms with Crippen LogP contribution in [-0.4, -0.2) is 43.7 Å². The summed E-state index contributed by atoms with van der Waals surface area (Å²) in [6.07, 6.45) is 2.00. The van der Waals surface area contributed by atoms with E-state index in [1.54, 1.807) is 12.1 Å². The number of piperidine rings is 1. The van der Waals surface area contributed by atoms with Gasteiger partial charge in [0.05, 0.1) is 23.4 Å². The summed E-state index contributed by atoms with van der Waals surface area (Å²) in [6.45, 7) is 3.21. The van der Waals surface area contributed by atoms with E-state index in [2.05, 4.69) is 24.2 Å². The number of nitrogens with two attached hydrogens (primary N) is 1. The van der Waals surface area contributed by atoms with E-state index in [0.29, 0.717) is 28.0 Å². The lowest BCUT2D eigenvalue weighted by Gasteiger charge is -2.36. The van der Waals surface area contributed by atoms with Gasteiger partial charge < -0.3 is 20.7 Å². The number of halogens is 1. The molecule has 3 N–H and O–H groups in total. The molecule has 1 aliphatic heterocycles. The summed E-state index contributed by atoms with van der Waals surface area (Å²) in [5, 5.41) is 3.84. The number of methoxy groups -OCH3 is 1. The Bertz CT molecular complexity index is 536. The van der Waals surface area contributed by atoms with Gasteiger partial charge in [-0.15, -0.1) is 0 Å². The van der Waals surface area contributed by atoms with Crippen molar-refractivity contribution in [1.82, 2.24) is 4.90 Å². The fourth-order valence-electron chi connectivity index (χ4n) is 2.67. The summed E-state index contributed by atoms with van der Waals surface area (Å²) in [4.78, 5) is 14.2. The van der Waals surface area contributed by atoms with Crippen LogP contribution in [0, 0.1) is 0 Å². The fraction of sp³-hybridized carbons (Fsp3) is 0.533. The van der Waals surface area contributed by atoms with Crippen molar-refractivity contribution in [2.45, 2.75) is 31.8 Å². The van der Waals surface area contributed by atoms with Gasteiger partial charge in [-0.3, -0.25) is 0 Å². The lowest BCUT2D eigenvalue weighted by Crippen LogP contribution is -2.42. The molecule has 2 unspecified atom stereocenters. The van der Waals surface area contributed by atoms with Gasteiger partial charge in [0.15, 0.2) is 0 Å². The normalized spacial score (nSPS) is 22.9. The molecule has 0 bridgehead atoms. The lowest BCUT2D eigenvalue weighted by molar-refractivity contribution is 0.0602. The van der Waals surface area contributed by atoms with Crippen LogP contribution in [-0.2, 0) is 4.74 Å². The monoisotopic (exact) mass is 311 g/mol. The number of rotatable bonds is 3. The van der Waals surface area contributed by atoms with Crippen molar-refractivity contribution >= 4 is 28.9 Å². The maximum Gasteiger partial charge on any atom is 0.340 e. The predicted molar refractivity (Wildman–Crippen MR) is 85.9 cm³/mol. The Morgan fingerprint density at radius 3 is 2.86 bits per heavy atom. The van der Waals surface area contributed by atoms with Gasteiger partial charge in [0.2, 0.25) is 0 Å². The van der Waals surface area contributed by atoms with Crippen molar-refractivity contribution in [3.05, 3.63) is 22.7 Å². The summed E-state index contributed by atoms with van der Waals surface area (Å²) in [6, 6.07) is 4.01. The molecule has 0 aromatic heterocycles. The Morgan fingerprint density at radius 1 is 1.52 bits per heavy atom. The average molecular weight is 312 g/mol. The number of benzene rings is 1. The van der Waals surface area contributed by atoms with Crippen LogP contribution in [0.15, 0.2) is 12.1 Å². The first kappa shape index (κ1) is 15.9. The number of nitrogen functional groups attached to an aromatic ring is 1. The van der Waals surface area contributed by atoms with Gasteiger partial charge in [0.25, 0.3) is 0 Å². The molecule has 0 amide bonds. The highest BCUT2D eigenvalue weighted by Gasteiger charge is 2.25. The van der Waals surface area contributed by atoms with E-state index in [1.165, 1.54) is 7.11 Å². The standard InChI is InChI=1S/C15H22ClN3O2/c1-9-6-11(4-5-19(9)2)18-14-12(15(20)21-3)7-10(17)8-13(14)16/h7-9,11,18H,4-6,17H2,1-3H3. The van der Waals surface area contributed by atoms with Crippen LogP contribution >= 0.6 is 11.6 Å². The van der Waals surface area contributed by atoms with Crippen molar-refractivity contribution in [3.8, 4) is 0 Å². The Hall–Kier alpha value is -1.46. The minimum Gasteiger partial charge on any atom is -0.465 e. The van der Waals surface area contributed by atoms with Gasteiger partial charge in [-0.25, -0.2) is 4.79 Å². The van der Waals surface area contributed by atoms with Crippen LogP contribution in [0.2, 0.25) is 5.02 Å². The van der Waals surface area contributed by atoms with Crippen LogP contribution in [0.3, 0.4) is 0 Å². The molecular formula is C15H22ClN3O2. The molecular weight excluding hydrogens is 290 g/mol. The number of ether oxygens (including phenoxy) is 1. The molecule has 0 radical (unpaired) electrons. The quantitative estimate of drug-likeness (QED) is 0.663. The Labute approximate surface area is 130 Å².